The molecule has 1 amide bonds. The van der Waals surface area contributed by atoms with E-state index < -0.39 is 26.6 Å². The summed E-state index contributed by atoms with van der Waals surface area (Å²) in [6.45, 7) is 6.81. The zero-order valence-electron chi connectivity index (χ0n) is 56.6. The van der Waals surface area contributed by atoms with E-state index in [0.717, 1.165) is 96.3 Å². The van der Waals surface area contributed by atoms with Gasteiger partial charge in [0.2, 0.25) is 5.91 Å². The highest BCUT2D eigenvalue weighted by Crippen LogP contribution is 2.38. The lowest BCUT2D eigenvalue weighted by Gasteiger charge is -2.30. The zero-order valence-corrected chi connectivity index (χ0v) is 57.4. The molecule has 494 valence electrons. The summed E-state index contributed by atoms with van der Waals surface area (Å²) in [4.78, 5) is 40.2. The van der Waals surface area contributed by atoms with Gasteiger partial charge >= 0.3 is 5.97 Å². The molecule has 0 saturated heterocycles. The molecule has 3 atom stereocenters. The van der Waals surface area contributed by atoms with Gasteiger partial charge in [0.05, 0.1) is 33.8 Å². The molecule has 0 aromatic heterocycles. The number of rotatable bonds is 65. The van der Waals surface area contributed by atoms with E-state index in [1.165, 1.54) is 193 Å². The third kappa shape index (κ3) is 65.5. The third-order valence-electron chi connectivity index (χ3n) is 15.8. The van der Waals surface area contributed by atoms with Crippen molar-refractivity contribution in [2.24, 2.45) is 0 Å². The van der Waals surface area contributed by atoms with Crippen LogP contribution < -0.4 is 10.2 Å². The van der Waals surface area contributed by atoms with Crippen molar-refractivity contribution in [1.82, 2.24) is 5.32 Å². The van der Waals surface area contributed by atoms with Gasteiger partial charge in [0, 0.05) is 12.8 Å². The number of allylic oxidation sites excluding steroid dienone is 13. The number of likely N-dealkylation sites (N-methyl/N-ethyl adjacent to an activating group) is 1. The molecule has 0 saturated carbocycles. The first kappa shape index (κ1) is 82.2. The quantitative estimate of drug-likeness (QED) is 0.0212. The lowest BCUT2D eigenvalue weighted by atomic mass is 10.0. The molecule has 0 aliphatic rings. The fourth-order valence-electron chi connectivity index (χ4n) is 10.2. The van der Waals surface area contributed by atoms with E-state index in [0.29, 0.717) is 23.9 Å². The number of nitrogens with zero attached hydrogens (tertiary/aromatic N) is 1. The minimum absolute atomic E-state index is 0.0284. The number of phosphoric ester groups is 1. The van der Waals surface area contributed by atoms with Crippen molar-refractivity contribution < 1.29 is 37.3 Å². The Kier molecular flexibility index (Phi) is 62.1. The predicted molar refractivity (Wildman–Crippen MR) is 367 cm³/mol. The molecule has 0 fully saturated rings. The number of hydrogen-bond donors (Lipinski definition) is 1. The molecule has 0 spiro atoms. The first-order valence-corrected chi connectivity index (χ1v) is 37.4. The van der Waals surface area contributed by atoms with Crippen molar-refractivity contribution in [2.45, 2.75) is 341 Å². The summed E-state index contributed by atoms with van der Waals surface area (Å²) in [6, 6.07) is -0.903. The standard InChI is InChI=1S/C75H137N2O7P/c1-7-10-13-16-19-22-25-28-30-32-34-36-37-38-39-41-43-45-47-50-53-56-59-62-65-68-75(79)84-73(66-63-60-57-54-51-48-27-24-21-18-15-12-9-3)72(71-83-85(80,81)82-70-69-77(4,5)6)76-74(78)67-64-61-58-55-52-49-46-44-42-40-35-33-31-29-26-23-20-17-14-11-8-2/h19-20,22-23,28-31,35,40,44,46,63,66,72-73H,7-18,21,24-27,32-34,36-39,41-43,45,47-62,64-65,67-71H2,1-6H3,(H-,76,78,80,81)/b22-19-,23-20-,30-28-,31-29-,40-35-,46-44-,66-63+. The van der Waals surface area contributed by atoms with Gasteiger partial charge in [-0.05, 0) is 109 Å². The van der Waals surface area contributed by atoms with Gasteiger partial charge in [-0.1, -0.05) is 292 Å². The summed E-state index contributed by atoms with van der Waals surface area (Å²) in [7, 11) is 1.17. The zero-order chi connectivity index (χ0) is 62.1. The van der Waals surface area contributed by atoms with Crippen LogP contribution in [0, 0.1) is 0 Å². The number of amides is 1. The number of quaternary nitrogens is 1. The highest BCUT2D eigenvalue weighted by atomic mass is 31.2. The van der Waals surface area contributed by atoms with Gasteiger partial charge in [0.25, 0.3) is 7.82 Å². The molecule has 9 nitrogen and oxygen atoms in total. The largest absolute Gasteiger partial charge is 0.756 e. The van der Waals surface area contributed by atoms with Crippen LogP contribution >= 0.6 is 7.82 Å². The molecule has 0 radical (unpaired) electrons. The molecule has 0 rings (SSSR count). The Bertz CT molecular complexity index is 1730. The highest BCUT2D eigenvalue weighted by molar-refractivity contribution is 7.45. The van der Waals surface area contributed by atoms with Gasteiger partial charge in [-0.15, -0.1) is 0 Å². The summed E-state index contributed by atoms with van der Waals surface area (Å²) in [5.41, 5.74) is 0. The Balaban J connectivity index is 5.13. The number of ether oxygens (including phenoxy) is 1. The van der Waals surface area contributed by atoms with E-state index in [9.17, 15) is 19.0 Å². The third-order valence-corrected chi connectivity index (χ3v) is 16.8. The van der Waals surface area contributed by atoms with E-state index in [-0.39, 0.29) is 24.9 Å². The molecule has 0 aliphatic heterocycles. The molecule has 0 heterocycles. The number of unbranched alkanes of at least 4 members (excludes halogenated alkanes) is 37. The van der Waals surface area contributed by atoms with Crippen LogP contribution in [0.4, 0.5) is 0 Å². The van der Waals surface area contributed by atoms with Crippen molar-refractivity contribution in [2.75, 3.05) is 40.9 Å². The second-order valence-corrected chi connectivity index (χ2v) is 26.8. The van der Waals surface area contributed by atoms with E-state index in [1.54, 1.807) is 0 Å². The normalized spacial score (nSPS) is 14.0. The molecule has 1 N–H and O–H groups in total. The van der Waals surface area contributed by atoms with Crippen LogP contribution in [0.3, 0.4) is 0 Å². The minimum Gasteiger partial charge on any atom is -0.756 e. The molecule has 10 heteroatoms. The minimum atomic E-state index is -4.71. The maximum atomic E-state index is 13.6. The van der Waals surface area contributed by atoms with Crippen molar-refractivity contribution in [3.63, 3.8) is 0 Å². The summed E-state index contributed by atoms with van der Waals surface area (Å²) in [6.07, 6.45) is 85.6. The topological polar surface area (TPSA) is 114 Å². The van der Waals surface area contributed by atoms with Gasteiger partial charge in [0.1, 0.15) is 19.3 Å². The van der Waals surface area contributed by atoms with Crippen LogP contribution in [0.5, 0.6) is 0 Å². The smallest absolute Gasteiger partial charge is 0.306 e. The molecule has 0 aliphatic carbocycles. The SMILES string of the molecule is CCCCC/C=C\C/C=C\C/C=C\C/C=C\CCCCCCCC(=O)NC(COP(=O)([O-])OCC[N+](C)(C)C)C(/C=C/CCCCCCCCCCCCC)OC(=O)CCCCCCCCCCCCCCCCC/C=C\C/C=C\CCCCC. The number of esters is 1. The number of carbonyl (C=O) groups excluding carboxylic acids is 2. The molecular formula is C75H137N2O7P. The van der Waals surface area contributed by atoms with Crippen LogP contribution in [-0.2, 0) is 27.9 Å². The Labute approximate surface area is 526 Å². The van der Waals surface area contributed by atoms with Gasteiger partial charge in [-0.25, -0.2) is 0 Å². The predicted octanol–water partition coefficient (Wildman–Crippen LogP) is 22.3. The molecule has 0 aromatic rings. The summed E-state index contributed by atoms with van der Waals surface area (Å²) in [5.74, 6) is -0.554. The second-order valence-electron chi connectivity index (χ2n) is 25.4. The fraction of sp³-hybridized carbons (Fsp3) is 0.787. The Morgan fingerprint density at radius 2 is 0.718 bits per heavy atom. The molecule has 0 bridgehead atoms. The number of carbonyl (C=O) groups is 2. The maximum absolute atomic E-state index is 13.6. The summed E-state index contributed by atoms with van der Waals surface area (Å²) in [5, 5.41) is 3.04. The van der Waals surface area contributed by atoms with Crippen molar-refractivity contribution in [3.05, 3.63) is 85.1 Å². The first-order valence-electron chi connectivity index (χ1n) is 35.9. The first-order chi connectivity index (χ1) is 41.4. The van der Waals surface area contributed by atoms with Gasteiger partial charge in [-0.2, -0.15) is 0 Å². The average Bonchev–Trinajstić information content (AvgIpc) is 3.50. The van der Waals surface area contributed by atoms with E-state index in [2.05, 4.69) is 99.0 Å². The second kappa shape index (κ2) is 64.2. The van der Waals surface area contributed by atoms with Crippen molar-refractivity contribution in [3.8, 4) is 0 Å². The lowest BCUT2D eigenvalue weighted by Crippen LogP contribution is -2.47. The number of nitrogens with one attached hydrogen (secondary N) is 1. The molecule has 3 unspecified atom stereocenters. The van der Waals surface area contributed by atoms with Crippen LogP contribution in [0.25, 0.3) is 0 Å². The van der Waals surface area contributed by atoms with E-state index >= 15 is 0 Å². The maximum Gasteiger partial charge on any atom is 0.306 e. The summed E-state index contributed by atoms with van der Waals surface area (Å²) < 4.78 is 30.5. The fourth-order valence-corrected chi connectivity index (χ4v) is 11.0. The van der Waals surface area contributed by atoms with Gasteiger partial charge in [0.15, 0.2) is 0 Å². The van der Waals surface area contributed by atoms with Crippen molar-refractivity contribution >= 4 is 19.7 Å². The van der Waals surface area contributed by atoms with Crippen LogP contribution in [0.2, 0.25) is 0 Å². The monoisotopic (exact) mass is 1210 g/mol. The highest BCUT2D eigenvalue weighted by Gasteiger charge is 2.27. The Morgan fingerprint density at radius 3 is 1.09 bits per heavy atom. The Hall–Kier alpha value is -2.81. The molecule has 0 aromatic carbocycles. The number of phosphoric acid groups is 1. The van der Waals surface area contributed by atoms with Crippen LogP contribution in [-0.4, -0.2) is 69.4 Å². The van der Waals surface area contributed by atoms with Gasteiger partial charge < -0.3 is 28.5 Å². The van der Waals surface area contributed by atoms with E-state index in [1.807, 2.05) is 33.3 Å². The Morgan fingerprint density at radius 1 is 0.412 bits per heavy atom. The van der Waals surface area contributed by atoms with E-state index in [4.69, 9.17) is 13.8 Å². The molecule has 85 heavy (non-hydrogen) atoms. The van der Waals surface area contributed by atoms with Crippen molar-refractivity contribution in [1.29, 1.82) is 0 Å². The number of hydrogen-bond acceptors (Lipinski definition) is 7. The molecular weight excluding hydrogens is 1070 g/mol. The van der Waals surface area contributed by atoms with Crippen LogP contribution in [0.15, 0.2) is 85.1 Å². The summed E-state index contributed by atoms with van der Waals surface area (Å²) >= 11 is 0. The van der Waals surface area contributed by atoms with Crippen LogP contribution in [0.1, 0.15) is 329 Å². The average molecular weight is 1210 g/mol. The lowest BCUT2D eigenvalue weighted by molar-refractivity contribution is -0.870. The van der Waals surface area contributed by atoms with Gasteiger partial charge in [-0.3, -0.25) is 14.2 Å².